The van der Waals surface area contributed by atoms with Gasteiger partial charge in [0.1, 0.15) is 11.6 Å². The molecular formula is C14H19N5. The summed E-state index contributed by atoms with van der Waals surface area (Å²) in [5.74, 6) is 1.68. The van der Waals surface area contributed by atoms with Crippen molar-refractivity contribution in [2.75, 3.05) is 19.4 Å². The predicted octanol–water partition coefficient (Wildman–Crippen LogP) is 1.85. The van der Waals surface area contributed by atoms with Gasteiger partial charge in [0.15, 0.2) is 0 Å². The second-order valence-electron chi connectivity index (χ2n) is 4.55. The van der Waals surface area contributed by atoms with E-state index in [9.17, 15) is 0 Å². The topological polar surface area (TPSA) is 53.9 Å². The molecule has 2 aromatic heterocycles. The second kappa shape index (κ2) is 6.24. The van der Waals surface area contributed by atoms with E-state index < -0.39 is 0 Å². The number of nitrogens with one attached hydrogen (secondary N) is 1. The molecule has 0 saturated heterocycles. The molecule has 1 N–H and O–H groups in total. The fourth-order valence-corrected chi connectivity index (χ4v) is 1.89. The molecule has 0 aromatic carbocycles. The summed E-state index contributed by atoms with van der Waals surface area (Å²) in [6.07, 6.45) is 1.81. The Morgan fingerprint density at radius 3 is 2.74 bits per heavy atom. The van der Waals surface area contributed by atoms with E-state index >= 15 is 0 Å². The maximum Gasteiger partial charge on any atom is 0.144 e. The highest BCUT2D eigenvalue weighted by atomic mass is 15.1. The molecule has 19 heavy (non-hydrogen) atoms. The smallest absolute Gasteiger partial charge is 0.144 e. The van der Waals surface area contributed by atoms with Crippen LogP contribution in [0.3, 0.4) is 0 Å². The van der Waals surface area contributed by atoms with Crippen molar-refractivity contribution in [3.63, 3.8) is 0 Å². The Labute approximate surface area is 113 Å². The van der Waals surface area contributed by atoms with E-state index in [1.54, 1.807) is 0 Å². The molecule has 100 valence electrons. The SMILES string of the molecule is CNc1cc(C)nc(CN(C)Cc2ccccn2)n1. The van der Waals surface area contributed by atoms with E-state index in [1.165, 1.54) is 0 Å². The first-order chi connectivity index (χ1) is 9.17. The normalized spacial score (nSPS) is 10.7. The van der Waals surface area contributed by atoms with Crippen LogP contribution in [0.2, 0.25) is 0 Å². The molecule has 2 rings (SSSR count). The second-order valence-corrected chi connectivity index (χ2v) is 4.55. The Bertz CT molecular complexity index is 527. The summed E-state index contributed by atoms with van der Waals surface area (Å²) < 4.78 is 0. The average molecular weight is 257 g/mol. The molecule has 5 heteroatoms. The summed E-state index contributed by atoms with van der Waals surface area (Å²) in [7, 11) is 3.91. The molecule has 0 aliphatic carbocycles. The molecule has 0 fully saturated rings. The monoisotopic (exact) mass is 257 g/mol. The van der Waals surface area contributed by atoms with Crippen molar-refractivity contribution in [3.8, 4) is 0 Å². The number of pyridine rings is 1. The van der Waals surface area contributed by atoms with Crippen LogP contribution in [-0.2, 0) is 13.1 Å². The number of rotatable bonds is 5. The van der Waals surface area contributed by atoms with Gasteiger partial charge in [-0.15, -0.1) is 0 Å². The van der Waals surface area contributed by atoms with Crippen LogP contribution in [0.1, 0.15) is 17.2 Å². The zero-order valence-electron chi connectivity index (χ0n) is 11.6. The third-order valence-electron chi connectivity index (χ3n) is 2.73. The number of nitrogens with zero attached hydrogens (tertiary/aromatic N) is 4. The molecule has 0 atom stereocenters. The van der Waals surface area contributed by atoms with E-state index in [4.69, 9.17) is 0 Å². The van der Waals surface area contributed by atoms with Crippen LogP contribution in [0.15, 0.2) is 30.5 Å². The Hall–Kier alpha value is -2.01. The van der Waals surface area contributed by atoms with E-state index in [-0.39, 0.29) is 0 Å². The van der Waals surface area contributed by atoms with Gasteiger partial charge in [0.25, 0.3) is 0 Å². The van der Waals surface area contributed by atoms with Crippen molar-refractivity contribution in [3.05, 3.63) is 47.7 Å². The highest BCUT2D eigenvalue weighted by Gasteiger charge is 2.06. The minimum Gasteiger partial charge on any atom is -0.373 e. The van der Waals surface area contributed by atoms with Crippen molar-refractivity contribution in [1.82, 2.24) is 19.9 Å². The van der Waals surface area contributed by atoms with Crippen molar-refractivity contribution in [2.45, 2.75) is 20.0 Å². The summed E-state index contributed by atoms with van der Waals surface area (Å²) in [6, 6.07) is 7.87. The van der Waals surface area contributed by atoms with E-state index in [1.807, 2.05) is 51.5 Å². The van der Waals surface area contributed by atoms with E-state index in [2.05, 4.69) is 25.2 Å². The largest absolute Gasteiger partial charge is 0.373 e. The van der Waals surface area contributed by atoms with Crippen LogP contribution < -0.4 is 5.32 Å². The van der Waals surface area contributed by atoms with Gasteiger partial charge in [0, 0.05) is 31.5 Å². The molecule has 5 nitrogen and oxygen atoms in total. The molecule has 0 saturated carbocycles. The summed E-state index contributed by atoms with van der Waals surface area (Å²) in [4.78, 5) is 15.4. The molecule has 0 bridgehead atoms. The van der Waals surface area contributed by atoms with Gasteiger partial charge in [0.2, 0.25) is 0 Å². The van der Waals surface area contributed by atoms with Crippen molar-refractivity contribution >= 4 is 5.82 Å². The van der Waals surface area contributed by atoms with Crippen LogP contribution in [0, 0.1) is 6.92 Å². The molecule has 0 radical (unpaired) electrons. The molecule has 2 aromatic rings. The first-order valence-corrected chi connectivity index (χ1v) is 6.28. The van der Waals surface area contributed by atoms with Gasteiger partial charge in [-0.25, -0.2) is 9.97 Å². The van der Waals surface area contributed by atoms with Crippen molar-refractivity contribution < 1.29 is 0 Å². The summed E-state index contributed by atoms with van der Waals surface area (Å²) in [5.41, 5.74) is 2.02. The third kappa shape index (κ3) is 3.99. The average Bonchev–Trinajstić information content (AvgIpc) is 2.38. The van der Waals surface area contributed by atoms with Gasteiger partial charge in [-0.3, -0.25) is 9.88 Å². The molecule has 0 unspecified atom stereocenters. The first kappa shape index (κ1) is 13.4. The van der Waals surface area contributed by atoms with Gasteiger partial charge in [0.05, 0.1) is 12.2 Å². The number of hydrogen-bond acceptors (Lipinski definition) is 5. The number of anilines is 1. The number of hydrogen-bond donors (Lipinski definition) is 1. The Morgan fingerprint density at radius 2 is 2.05 bits per heavy atom. The molecule has 0 spiro atoms. The molecule has 0 aliphatic heterocycles. The van der Waals surface area contributed by atoms with E-state index in [0.29, 0.717) is 6.54 Å². The van der Waals surface area contributed by atoms with Crippen LogP contribution in [0.5, 0.6) is 0 Å². The highest BCUT2D eigenvalue weighted by molar-refractivity contribution is 5.34. The molecule has 0 aliphatic rings. The lowest BCUT2D eigenvalue weighted by Gasteiger charge is -2.15. The minimum atomic E-state index is 0.701. The van der Waals surface area contributed by atoms with Crippen molar-refractivity contribution in [2.24, 2.45) is 0 Å². The summed E-state index contributed by atoms with van der Waals surface area (Å²) >= 11 is 0. The Balaban J connectivity index is 2.02. The maximum atomic E-state index is 4.45. The van der Waals surface area contributed by atoms with Crippen LogP contribution in [0.4, 0.5) is 5.82 Å². The zero-order valence-corrected chi connectivity index (χ0v) is 11.6. The fraction of sp³-hybridized carbons (Fsp3) is 0.357. The van der Waals surface area contributed by atoms with Crippen molar-refractivity contribution in [1.29, 1.82) is 0 Å². The standard InChI is InChI=1S/C14H19N5/c1-11-8-13(15-2)18-14(17-11)10-19(3)9-12-6-4-5-7-16-12/h4-8H,9-10H2,1-3H3,(H,15,17,18). The zero-order chi connectivity index (χ0) is 13.7. The summed E-state index contributed by atoms with van der Waals surface area (Å²) in [6.45, 7) is 3.46. The Kier molecular flexibility index (Phi) is 4.41. The maximum absolute atomic E-state index is 4.45. The first-order valence-electron chi connectivity index (χ1n) is 6.28. The fourth-order valence-electron chi connectivity index (χ4n) is 1.89. The van der Waals surface area contributed by atoms with Gasteiger partial charge >= 0.3 is 0 Å². The molecule has 0 amide bonds. The van der Waals surface area contributed by atoms with Crippen LogP contribution in [-0.4, -0.2) is 33.9 Å². The van der Waals surface area contributed by atoms with Gasteiger partial charge in [-0.2, -0.15) is 0 Å². The van der Waals surface area contributed by atoms with Crippen LogP contribution in [0.25, 0.3) is 0 Å². The summed E-state index contributed by atoms with van der Waals surface area (Å²) in [5, 5.41) is 3.05. The van der Waals surface area contributed by atoms with E-state index in [0.717, 1.165) is 29.6 Å². The lowest BCUT2D eigenvalue weighted by Crippen LogP contribution is -2.20. The van der Waals surface area contributed by atoms with Gasteiger partial charge in [-0.1, -0.05) is 6.07 Å². The Morgan fingerprint density at radius 1 is 1.21 bits per heavy atom. The third-order valence-corrected chi connectivity index (χ3v) is 2.73. The van der Waals surface area contributed by atoms with Gasteiger partial charge < -0.3 is 5.32 Å². The quantitative estimate of drug-likeness (QED) is 0.886. The number of aromatic nitrogens is 3. The predicted molar refractivity (Wildman–Crippen MR) is 75.7 cm³/mol. The molecular weight excluding hydrogens is 238 g/mol. The number of aryl methyl sites for hydroxylation is 1. The lowest BCUT2D eigenvalue weighted by atomic mass is 10.3. The van der Waals surface area contributed by atoms with Crippen LogP contribution >= 0.6 is 0 Å². The lowest BCUT2D eigenvalue weighted by molar-refractivity contribution is 0.306. The molecule has 2 heterocycles. The highest BCUT2D eigenvalue weighted by Crippen LogP contribution is 2.08. The minimum absolute atomic E-state index is 0.701. The van der Waals surface area contributed by atoms with Gasteiger partial charge in [-0.05, 0) is 26.1 Å².